The van der Waals surface area contributed by atoms with Gasteiger partial charge in [-0.25, -0.2) is 0 Å². The van der Waals surface area contributed by atoms with Gasteiger partial charge in [0.15, 0.2) is 0 Å². The second kappa shape index (κ2) is 9.53. The van der Waals surface area contributed by atoms with Crippen molar-refractivity contribution in [1.82, 2.24) is 0 Å². The largest absolute Gasteiger partial charge is 1.00 e. The summed E-state index contributed by atoms with van der Waals surface area (Å²) >= 11 is -0.509. The molecule has 5 heteroatoms. The molecule has 0 spiro atoms. The summed E-state index contributed by atoms with van der Waals surface area (Å²) in [4.78, 5) is 0. The van der Waals surface area contributed by atoms with Crippen LogP contribution in [0.25, 0.3) is 0 Å². The first-order valence-corrected chi connectivity index (χ1v) is 18.1. The standard InChI is InChI=1S/2C9H15Si.2ClH.Zr/c2*1-10(2,3)8-9-6-4-5-7-9;;;/h2*4,6H,5,8H2,1-3H3;2*1H;/q;;;;+2/p-2. The molecule has 0 nitrogen and oxygen atoms in total. The van der Waals surface area contributed by atoms with Crippen molar-refractivity contribution in [2.24, 2.45) is 0 Å². The van der Waals surface area contributed by atoms with Gasteiger partial charge in [-0.05, 0) is 0 Å². The van der Waals surface area contributed by atoms with Crippen molar-refractivity contribution in [3.05, 3.63) is 42.0 Å². The summed E-state index contributed by atoms with van der Waals surface area (Å²) in [7, 11) is -1.96. The minimum absolute atomic E-state index is 0. The van der Waals surface area contributed by atoms with Crippen molar-refractivity contribution in [3.63, 3.8) is 0 Å². The van der Waals surface area contributed by atoms with E-state index >= 15 is 0 Å². The molecular weight excluding hydrogens is 435 g/mol. The number of hydrogen-bond donors (Lipinski definition) is 0. The van der Waals surface area contributed by atoms with Crippen LogP contribution in [-0.2, 0) is 23.2 Å². The predicted molar refractivity (Wildman–Crippen MR) is 97.9 cm³/mol. The van der Waals surface area contributed by atoms with Crippen molar-refractivity contribution < 1.29 is 48.0 Å². The number of halogens is 2. The van der Waals surface area contributed by atoms with Gasteiger partial charge >= 0.3 is 146 Å². The summed E-state index contributed by atoms with van der Waals surface area (Å²) in [5.74, 6) is 0. The molecule has 0 aromatic heterocycles. The third-order valence-electron chi connectivity index (χ3n) is 3.80. The average Bonchev–Trinajstić information content (AvgIpc) is 2.86. The predicted octanol–water partition coefficient (Wildman–Crippen LogP) is 0.181. The Labute approximate surface area is 169 Å². The van der Waals surface area contributed by atoms with Crippen LogP contribution in [0.5, 0.6) is 0 Å². The van der Waals surface area contributed by atoms with Gasteiger partial charge in [0, 0.05) is 0 Å². The number of hydrogen-bond acceptors (Lipinski definition) is 0. The normalized spacial score (nSPS) is 17.3. The molecule has 2 rings (SSSR count). The van der Waals surface area contributed by atoms with Gasteiger partial charge in [-0.1, -0.05) is 0 Å². The molecule has 23 heavy (non-hydrogen) atoms. The minimum atomic E-state index is -0.982. The van der Waals surface area contributed by atoms with Crippen LogP contribution in [0.15, 0.2) is 42.0 Å². The monoisotopic (exact) mass is 462 g/mol. The summed E-state index contributed by atoms with van der Waals surface area (Å²) in [6, 6.07) is 2.79. The molecule has 0 aromatic carbocycles. The van der Waals surface area contributed by atoms with E-state index in [-0.39, 0.29) is 24.8 Å². The Bertz CT molecular complexity index is 484. The fourth-order valence-corrected chi connectivity index (χ4v) is 10.4. The maximum absolute atomic E-state index is 2.50. The zero-order valence-electron chi connectivity index (χ0n) is 15.4. The smallest absolute Gasteiger partial charge is 1.00 e. The first-order valence-electron chi connectivity index (χ1n) is 8.18. The van der Waals surface area contributed by atoms with E-state index in [2.05, 4.69) is 63.6 Å². The van der Waals surface area contributed by atoms with Crippen molar-refractivity contribution in [2.45, 2.75) is 64.2 Å². The van der Waals surface area contributed by atoms with Gasteiger partial charge in [-0.15, -0.1) is 0 Å². The van der Waals surface area contributed by atoms with Crippen LogP contribution in [0.3, 0.4) is 0 Å². The Kier molecular flexibility index (Phi) is 9.88. The van der Waals surface area contributed by atoms with Crippen LogP contribution in [-0.4, -0.2) is 16.1 Å². The van der Waals surface area contributed by atoms with Gasteiger partial charge in [0.25, 0.3) is 0 Å². The molecule has 0 saturated carbocycles. The molecule has 0 radical (unpaired) electrons. The Balaban J connectivity index is 0.00000242. The molecule has 0 fully saturated rings. The van der Waals surface area contributed by atoms with E-state index in [0.717, 1.165) is 0 Å². The minimum Gasteiger partial charge on any atom is -1.00 e. The van der Waals surface area contributed by atoms with E-state index in [9.17, 15) is 0 Å². The second-order valence-corrected chi connectivity index (χ2v) is 23.4. The Hall–Kier alpha value is 0.857. The van der Waals surface area contributed by atoms with E-state index in [0.29, 0.717) is 0 Å². The van der Waals surface area contributed by atoms with Gasteiger partial charge in [0.2, 0.25) is 0 Å². The van der Waals surface area contributed by atoms with Crippen molar-refractivity contribution >= 4 is 16.1 Å². The van der Waals surface area contributed by atoms with Crippen LogP contribution in [0.1, 0.15) is 12.8 Å². The molecule has 0 saturated heterocycles. The van der Waals surface area contributed by atoms with E-state index in [1.54, 1.807) is 11.1 Å². The fraction of sp³-hybridized carbons (Fsp3) is 0.556. The summed E-state index contributed by atoms with van der Waals surface area (Å²) in [6.45, 7) is 15.0. The molecule has 2 aliphatic rings. The first kappa shape index (κ1) is 23.9. The van der Waals surface area contributed by atoms with E-state index in [1.165, 1.54) is 24.9 Å². The SMILES string of the molecule is C[Si](C)(C)CC1=[C]([Zr+2][C]2=C(C[Si](C)(C)C)C=CC2)CC=C1.[Cl-].[Cl-]. The Morgan fingerprint density at radius 3 is 1.39 bits per heavy atom. The average molecular weight is 465 g/mol. The van der Waals surface area contributed by atoms with Gasteiger partial charge in [-0.2, -0.15) is 0 Å². The molecule has 0 aromatic rings. The Morgan fingerprint density at radius 2 is 1.09 bits per heavy atom. The molecule has 0 aliphatic heterocycles. The quantitative estimate of drug-likeness (QED) is 0.492. The maximum atomic E-state index is 2.50. The topological polar surface area (TPSA) is 0 Å². The summed E-state index contributed by atoms with van der Waals surface area (Å²) in [5.41, 5.74) is 3.49. The van der Waals surface area contributed by atoms with Crippen LogP contribution >= 0.6 is 0 Å². The first-order chi connectivity index (χ1) is 9.64. The molecule has 2 aliphatic carbocycles. The zero-order chi connectivity index (χ0) is 15.7. The van der Waals surface area contributed by atoms with E-state index in [1.807, 2.05) is 6.56 Å². The van der Waals surface area contributed by atoms with Crippen LogP contribution < -0.4 is 24.8 Å². The van der Waals surface area contributed by atoms with Gasteiger partial charge < -0.3 is 24.8 Å². The van der Waals surface area contributed by atoms with Crippen molar-refractivity contribution in [2.75, 3.05) is 0 Å². The second-order valence-electron chi connectivity index (χ2n) is 8.82. The van der Waals surface area contributed by atoms with Crippen molar-refractivity contribution in [1.29, 1.82) is 0 Å². The van der Waals surface area contributed by atoms with Crippen LogP contribution in [0.2, 0.25) is 51.4 Å². The van der Waals surface area contributed by atoms with Crippen LogP contribution in [0, 0.1) is 0 Å². The Morgan fingerprint density at radius 1 is 0.739 bits per heavy atom. The van der Waals surface area contributed by atoms with Gasteiger partial charge in [-0.3, -0.25) is 0 Å². The molecule has 0 bridgehead atoms. The number of allylic oxidation sites excluding steroid dienone is 8. The molecule has 0 atom stereocenters. The summed E-state index contributed by atoms with van der Waals surface area (Å²) in [6.07, 6.45) is 12.3. The molecular formula is C18H30Cl2Si2Zr. The third kappa shape index (κ3) is 8.18. The third-order valence-corrected chi connectivity index (χ3v) is 10.7. The molecule has 0 unspecified atom stereocenters. The van der Waals surface area contributed by atoms with E-state index < -0.39 is 39.4 Å². The molecule has 0 N–H and O–H groups in total. The van der Waals surface area contributed by atoms with Crippen LogP contribution in [0.4, 0.5) is 0 Å². The molecule has 0 heterocycles. The molecule has 128 valence electrons. The summed E-state index contributed by atoms with van der Waals surface area (Å²) < 4.78 is 3.76. The van der Waals surface area contributed by atoms with E-state index in [4.69, 9.17) is 0 Å². The summed E-state index contributed by atoms with van der Waals surface area (Å²) in [5, 5.41) is 0. The van der Waals surface area contributed by atoms with Crippen molar-refractivity contribution in [3.8, 4) is 0 Å². The van der Waals surface area contributed by atoms with Gasteiger partial charge in [0.1, 0.15) is 0 Å². The fourth-order valence-electron chi connectivity index (χ4n) is 3.02. The maximum Gasteiger partial charge on any atom is -1.00 e. The molecule has 0 amide bonds. The zero-order valence-corrected chi connectivity index (χ0v) is 21.4. The number of rotatable bonds is 6. The van der Waals surface area contributed by atoms with Gasteiger partial charge in [0.05, 0.1) is 0 Å².